The zero-order valence-corrected chi connectivity index (χ0v) is 7.53. The van der Waals surface area contributed by atoms with Crippen molar-refractivity contribution in [3.63, 3.8) is 0 Å². The Labute approximate surface area is 77.4 Å². The number of carboxylic acid groups (broad SMARTS) is 1. The van der Waals surface area contributed by atoms with Crippen molar-refractivity contribution in [3.05, 3.63) is 12.7 Å². The molecule has 0 rings (SSSR count). The van der Waals surface area contributed by atoms with Crippen LogP contribution in [-0.2, 0) is 9.59 Å². The Balaban J connectivity index is 3.40. The smallest absolute Gasteiger partial charge is 0.320 e. The molecule has 3 N–H and O–H groups in total. The summed E-state index contributed by atoms with van der Waals surface area (Å²) in [5.74, 6) is -1.00. The van der Waals surface area contributed by atoms with E-state index >= 15 is 0 Å². The van der Waals surface area contributed by atoms with Crippen LogP contribution in [0.25, 0.3) is 0 Å². The van der Waals surface area contributed by atoms with Gasteiger partial charge in [-0.25, -0.2) is 0 Å². The van der Waals surface area contributed by atoms with Crippen molar-refractivity contribution < 1.29 is 14.7 Å². The van der Waals surface area contributed by atoms with Crippen LogP contribution in [0.2, 0.25) is 0 Å². The van der Waals surface area contributed by atoms with E-state index in [0.717, 1.165) is 0 Å². The minimum absolute atomic E-state index is 0.0103. The number of aliphatic carboxylic acids is 1. The molecule has 0 spiro atoms. The molecule has 4 heteroatoms. The standard InChI is InChI=1S/C9H15NO3/c1-2-7(11)5-3-4-6-8(10)9(12)13/h2,8H,1,3-6,10H2,(H,12,13). The first-order valence-electron chi connectivity index (χ1n) is 4.21. The van der Waals surface area contributed by atoms with Crippen LogP contribution in [0.3, 0.4) is 0 Å². The average Bonchev–Trinajstić information content (AvgIpc) is 2.11. The summed E-state index contributed by atoms with van der Waals surface area (Å²) >= 11 is 0. The lowest BCUT2D eigenvalue weighted by Crippen LogP contribution is -2.29. The Hall–Kier alpha value is -1.16. The number of hydrogen-bond donors (Lipinski definition) is 2. The second kappa shape index (κ2) is 6.37. The third-order valence-electron chi connectivity index (χ3n) is 1.73. The SMILES string of the molecule is C=CC(=O)CCCCC(N)C(=O)O. The largest absolute Gasteiger partial charge is 0.480 e. The summed E-state index contributed by atoms with van der Waals surface area (Å²) in [7, 11) is 0. The van der Waals surface area contributed by atoms with Gasteiger partial charge in [-0.2, -0.15) is 0 Å². The van der Waals surface area contributed by atoms with Crippen molar-refractivity contribution in [3.8, 4) is 0 Å². The number of ketones is 1. The fourth-order valence-corrected chi connectivity index (χ4v) is 0.889. The lowest BCUT2D eigenvalue weighted by atomic mass is 10.1. The number of carboxylic acids is 1. The quantitative estimate of drug-likeness (QED) is 0.452. The van der Waals surface area contributed by atoms with Gasteiger partial charge in [-0.3, -0.25) is 9.59 Å². The van der Waals surface area contributed by atoms with E-state index in [4.69, 9.17) is 10.8 Å². The topological polar surface area (TPSA) is 80.4 Å². The van der Waals surface area contributed by atoms with Gasteiger partial charge in [0, 0.05) is 6.42 Å². The van der Waals surface area contributed by atoms with E-state index in [1.54, 1.807) is 0 Å². The van der Waals surface area contributed by atoms with E-state index in [0.29, 0.717) is 25.7 Å². The molecule has 0 aliphatic rings. The molecule has 0 aromatic heterocycles. The van der Waals surface area contributed by atoms with Crippen molar-refractivity contribution in [1.82, 2.24) is 0 Å². The molecule has 4 nitrogen and oxygen atoms in total. The van der Waals surface area contributed by atoms with Gasteiger partial charge in [-0.05, 0) is 18.9 Å². The molecule has 0 aliphatic heterocycles. The predicted octanol–water partition coefficient (Wildman–Crippen LogP) is 0.714. The Morgan fingerprint density at radius 1 is 1.46 bits per heavy atom. The highest BCUT2D eigenvalue weighted by Crippen LogP contribution is 2.03. The number of unbranched alkanes of at least 4 members (excludes halogenated alkanes) is 1. The molecule has 0 aromatic rings. The highest BCUT2D eigenvalue weighted by atomic mass is 16.4. The summed E-state index contributed by atoms with van der Waals surface area (Å²) in [6.45, 7) is 3.33. The van der Waals surface area contributed by atoms with E-state index in [1.165, 1.54) is 6.08 Å². The Kier molecular flexibility index (Phi) is 5.80. The van der Waals surface area contributed by atoms with E-state index < -0.39 is 12.0 Å². The number of allylic oxidation sites excluding steroid dienone is 1. The Bertz CT molecular complexity index is 201. The fourth-order valence-electron chi connectivity index (χ4n) is 0.889. The molecule has 0 bridgehead atoms. The average molecular weight is 185 g/mol. The molecule has 0 amide bonds. The summed E-state index contributed by atoms with van der Waals surface area (Å²) in [6.07, 6.45) is 3.45. The number of nitrogens with two attached hydrogens (primary N) is 1. The first-order chi connectivity index (χ1) is 6.07. The molecular weight excluding hydrogens is 170 g/mol. The molecule has 0 saturated carbocycles. The molecule has 0 aliphatic carbocycles. The fraction of sp³-hybridized carbons (Fsp3) is 0.556. The van der Waals surface area contributed by atoms with E-state index in [1.807, 2.05) is 0 Å². The second-order valence-electron chi connectivity index (χ2n) is 2.86. The summed E-state index contributed by atoms with van der Waals surface area (Å²) in [4.78, 5) is 21.0. The maximum Gasteiger partial charge on any atom is 0.320 e. The van der Waals surface area contributed by atoms with Crippen LogP contribution in [0.5, 0.6) is 0 Å². The monoisotopic (exact) mass is 185 g/mol. The van der Waals surface area contributed by atoms with Crippen LogP contribution in [0.1, 0.15) is 25.7 Å². The van der Waals surface area contributed by atoms with Crippen LogP contribution in [0.15, 0.2) is 12.7 Å². The third kappa shape index (κ3) is 6.04. The molecule has 74 valence electrons. The van der Waals surface area contributed by atoms with E-state index in [-0.39, 0.29) is 5.78 Å². The second-order valence-corrected chi connectivity index (χ2v) is 2.86. The molecule has 0 heterocycles. The Morgan fingerprint density at radius 3 is 2.54 bits per heavy atom. The molecule has 0 radical (unpaired) electrons. The van der Waals surface area contributed by atoms with Crippen LogP contribution in [0.4, 0.5) is 0 Å². The van der Waals surface area contributed by atoms with E-state index in [9.17, 15) is 9.59 Å². The number of carbonyl (C=O) groups is 2. The van der Waals surface area contributed by atoms with Gasteiger partial charge in [-0.15, -0.1) is 0 Å². The molecule has 0 fully saturated rings. The minimum Gasteiger partial charge on any atom is -0.480 e. The van der Waals surface area contributed by atoms with Crippen molar-refractivity contribution >= 4 is 11.8 Å². The minimum atomic E-state index is -0.991. The van der Waals surface area contributed by atoms with Gasteiger partial charge >= 0.3 is 5.97 Å². The van der Waals surface area contributed by atoms with Crippen molar-refractivity contribution in [2.45, 2.75) is 31.7 Å². The van der Waals surface area contributed by atoms with Crippen molar-refractivity contribution in [2.24, 2.45) is 5.73 Å². The predicted molar refractivity (Wildman–Crippen MR) is 49.3 cm³/mol. The van der Waals surface area contributed by atoms with Crippen molar-refractivity contribution in [2.75, 3.05) is 0 Å². The first kappa shape index (κ1) is 11.8. The number of carbonyl (C=O) groups excluding carboxylic acids is 1. The maximum absolute atomic E-state index is 10.7. The van der Waals surface area contributed by atoms with Crippen LogP contribution in [-0.4, -0.2) is 22.9 Å². The van der Waals surface area contributed by atoms with E-state index in [2.05, 4.69) is 6.58 Å². The normalized spacial score (nSPS) is 12.1. The van der Waals surface area contributed by atoms with Crippen LogP contribution in [0, 0.1) is 0 Å². The van der Waals surface area contributed by atoms with Crippen molar-refractivity contribution in [1.29, 1.82) is 0 Å². The van der Waals surface area contributed by atoms with Crippen LogP contribution < -0.4 is 5.73 Å². The number of rotatable bonds is 7. The van der Waals surface area contributed by atoms with Gasteiger partial charge < -0.3 is 10.8 Å². The van der Waals surface area contributed by atoms with Gasteiger partial charge in [-0.1, -0.05) is 13.0 Å². The number of hydrogen-bond acceptors (Lipinski definition) is 3. The lowest BCUT2D eigenvalue weighted by Gasteiger charge is -2.04. The summed E-state index contributed by atoms with van der Waals surface area (Å²) in [5, 5.41) is 8.43. The molecule has 13 heavy (non-hydrogen) atoms. The van der Waals surface area contributed by atoms with Crippen LogP contribution >= 0.6 is 0 Å². The lowest BCUT2D eigenvalue weighted by molar-refractivity contribution is -0.138. The summed E-state index contributed by atoms with van der Waals surface area (Å²) < 4.78 is 0. The molecular formula is C9H15NO3. The third-order valence-corrected chi connectivity index (χ3v) is 1.73. The first-order valence-corrected chi connectivity index (χ1v) is 4.21. The zero-order chi connectivity index (χ0) is 10.3. The zero-order valence-electron chi connectivity index (χ0n) is 7.53. The highest BCUT2D eigenvalue weighted by Gasteiger charge is 2.10. The maximum atomic E-state index is 10.7. The molecule has 1 unspecified atom stereocenters. The van der Waals surface area contributed by atoms with Gasteiger partial charge in [0.15, 0.2) is 5.78 Å². The summed E-state index contributed by atoms with van der Waals surface area (Å²) in [5.41, 5.74) is 5.26. The van der Waals surface area contributed by atoms with Gasteiger partial charge in [0.05, 0.1) is 0 Å². The highest BCUT2D eigenvalue weighted by molar-refractivity contribution is 5.88. The molecule has 0 saturated heterocycles. The summed E-state index contributed by atoms with van der Waals surface area (Å²) in [6, 6.07) is -0.807. The van der Waals surface area contributed by atoms with Gasteiger partial charge in [0.2, 0.25) is 0 Å². The molecule has 0 aromatic carbocycles. The molecule has 1 atom stereocenters. The Morgan fingerprint density at radius 2 is 2.08 bits per heavy atom. The van der Waals surface area contributed by atoms with Gasteiger partial charge in [0.25, 0.3) is 0 Å². The van der Waals surface area contributed by atoms with Gasteiger partial charge in [0.1, 0.15) is 6.04 Å².